The highest BCUT2D eigenvalue weighted by Gasteiger charge is 2.22. The van der Waals surface area contributed by atoms with E-state index in [1.165, 1.54) is 5.56 Å². The van der Waals surface area contributed by atoms with Crippen molar-refractivity contribution < 1.29 is 24.6 Å². The molecule has 1 aliphatic carbocycles. The smallest absolute Gasteiger partial charge is 0.230 e. The molecule has 1 amide bonds. The van der Waals surface area contributed by atoms with Crippen molar-refractivity contribution >= 4 is 29.6 Å². The Morgan fingerprint density at radius 2 is 2.00 bits per heavy atom. The molecule has 2 atom stereocenters. The third-order valence-corrected chi connectivity index (χ3v) is 4.93. The molecule has 1 N–H and O–H groups in total. The standard InChI is InChI=1S/C16H19NO5S/c18-14(9-23-13(16(21)22)8-15(19)20)17-12-7-3-5-10-4-1-2-6-11(10)12/h1-2,4,6,12-13H,3,5,7-9H2,(H,17,18)(H,19,20)(H,21,22)/p-2/t12-,13-/m1/s1. The van der Waals surface area contributed by atoms with Gasteiger partial charge in [0.2, 0.25) is 5.91 Å². The Bertz CT molecular complexity index is 604. The topological polar surface area (TPSA) is 109 Å². The molecule has 0 aliphatic heterocycles. The molecule has 7 heteroatoms. The summed E-state index contributed by atoms with van der Waals surface area (Å²) in [6, 6.07) is 7.81. The predicted molar refractivity (Wildman–Crippen MR) is 81.1 cm³/mol. The maximum Gasteiger partial charge on any atom is 0.230 e. The summed E-state index contributed by atoms with van der Waals surface area (Å²) in [6.07, 6.45) is 2.11. The Hall–Kier alpha value is -2.02. The fraction of sp³-hybridized carbons (Fsp3) is 0.438. The molecule has 2 rings (SSSR count). The number of carbonyl (C=O) groups excluding carboxylic acids is 3. The quantitative estimate of drug-likeness (QED) is 0.697. The first-order chi connectivity index (χ1) is 11.0. The maximum absolute atomic E-state index is 12.0. The van der Waals surface area contributed by atoms with Gasteiger partial charge in [-0.25, -0.2) is 0 Å². The number of thioether (sulfide) groups is 1. The summed E-state index contributed by atoms with van der Waals surface area (Å²) in [6.45, 7) is 0. The van der Waals surface area contributed by atoms with Crippen LogP contribution in [0.1, 0.15) is 36.4 Å². The van der Waals surface area contributed by atoms with Crippen LogP contribution in [-0.4, -0.2) is 28.8 Å². The van der Waals surface area contributed by atoms with Gasteiger partial charge in [0.1, 0.15) is 0 Å². The summed E-state index contributed by atoms with van der Waals surface area (Å²) in [7, 11) is 0. The number of fused-ring (bicyclic) bond motifs is 1. The molecule has 6 nitrogen and oxygen atoms in total. The highest BCUT2D eigenvalue weighted by Crippen LogP contribution is 2.29. The number of hydrogen-bond donors (Lipinski definition) is 1. The van der Waals surface area contributed by atoms with Gasteiger partial charge in [0.15, 0.2) is 0 Å². The molecule has 0 bridgehead atoms. The Kier molecular flexibility index (Phi) is 6.04. The van der Waals surface area contributed by atoms with Gasteiger partial charge in [-0.15, -0.1) is 11.8 Å². The molecule has 1 aliphatic rings. The molecular formula is C16H17NO5S-2. The largest absolute Gasteiger partial charge is 0.550 e. The van der Waals surface area contributed by atoms with Crippen LogP contribution in [0.2, 0.25) is 0 Å². The van der Waals surface area contributed by atoms with Crippen LogP contribution in [0.3, 0.4) is 0 Å². The van der Waals surface area contributed by atoms with Crippen molar-refractivity contribution in [3.8, 4) is 0 Å². The molecule has 0 saturated carbocycles. The Balaban J connectivity index is 1.90. The second-order valence-corrected chi connectivity index (χ2v) is 6.60. The lowest BCUT2D eigenvalue weighted by atomic mass is 9.88. The molecule has 0 saturated heterocycles. The molecule has 0 unspecified atom stereocenters. The Morgan fingerprint density at radius 3 is 2.70 bits per heavy atom. The lowest BCUT2D eigenvalue weighted by Crippen LogP contribution is -2.39. The van der Waals surface area contributed by atoms with Gasteiger partial charge in [-0.1, -0.05) is 24.3 Å². The zero-order chi connectivity index (χ0) is 16.8. The summed E-state index contributed by atoms with van der Waals surface area (Å²) in [5.41, 5.74) is 2.30. The second-order valence-electron chi connectivity index (χ2n) is 5.41. The van der Waals surface area contributed by atoms with Gasteiger partial charge >= 0.3 is 0 Å². The van der Waals surface area contributed by atoms with Crippen LogP contribution in [0.15, 0.2) is 24.3 Å². The van der Waals surface area contributed by atoms with E-state index in [-0.39, 0.29) is 17.7 Å². The van der Waals surface area contributed by atoms with Crippen molar-refractivity contribution in [3.05, 3.63) is 35.4 Å². The van der Waals surface area contributed by atoms with Crippen molar-refractivity contribution in [3.63, 3.8) is 0 Å². The van der Waals surface area contributed by atoms with E-state index in [1.54, 1.807) is 0 Å². The van der Waals surface area contributed by atoms with E-state index >= 15 is 0 Å². The molecule has 0 fully saturated rings. The zero-order valence-corrected chi connectivity index (χ0v) is 13.3. The minimum absolute atomic E-state index is 0.0874. The minimum atomic E-state index is -1.50. The van der Waals surface area contributed by atoms with Crippen molar-refractivity contribution in [1.29, 1.82) is 0 Å². The van der Waals surface area contributed by atoms with Crippen LogP contribution in [-0.2, 0) is 20.8 Å². The molecule has 0 spiro atoms. The first-order valence-electron chi connectivity index (χ1n) is 7.37. The SMILES string of the molecule is O=C([O-])C[C@@H](SCC(=O)N[C@@H]1CCCc2ccccc21)C(=O)[O-]. The zero-order valence-electron chi connectivity index (χ0n) is 12.4. The summed E-state index contributed by atoms with van der Waals surface area (Å²) < 4.78 is 0. The number of carboxylic acid groups (broad SMARTS) is 2. The van der Waals surface area contributed by atoms with Crippen molar-refractivity contribution in [2.45, 2.75) is 37.0 Å². The van der Waals surface area contributed by atoms with Crippen LogP contribution in [0.5, 0.6) is 0 Å². The van der Waals surface area contributed by atoms with E-state index in [2.05, 4.69) is 5.32 Å². The van der Waals surface area contributed by atoms with Gasteiger partial charge in [0.25, 0.3) is 0 Å². The van der Waals surface area contributed by atoms with E-state index in [0.29, 0.717) is 0 Å². The first kappa shape index (κ1) is 17.3. The van der Waals surface area contributed by atoms with Crippen molar-refractivity contribution in [2.75, 3.05) is 5.75 Å². The number of rotatable bonds is 7. The normalized spacial score (nSPS) is 17.8. The average Bonchev–Trinajstić information content (AvgIpc) is 2.51. The van der Waals surface area contributed by atoms with Crippen LogP contribution < -0.4 is 15.5 Å². The summed E-state index contributed by atoms with van der Waals surface area (Å²) in [5, 5.41) is 22.9. The van der Waals surface area contributed by atoms with E-state index in [1.807, 2.05) is 24.3 Å². The van der Waals surface area contributed by atoms with Gasteiger partial charge in [-0.3, -0.25) is 4.79 Å². The number of carboxylic acids is 2. The molecule has 23 heavy (non-hydrogen) atoms. The first-order valence-corrected chi connectivity index (χ1v) is 8.41. The van der Waals surface area contributed by atoms with Gasteiger partial charge in [-0.05, 0) is 30.4 Å². The van der Waals surface area contributed by atoms with Crippen molar-refractivity contribution in [2.24, 2.45) is 0 Å². The number of nitrogens with one attached hydrogen (secondary N) is 1. The third kappa shape index (κ3) is 4.99. The Labute approximate surface area is 138 Å². The second kappa shape index (κ2) is 8.01. The lowest BCUT2D eigenvalue weighted by Gasteiger charge is -2.26. The van der Waals surface area contributed by atoms with E-state index in [4.69, 9.17) is 0 Å². The third-order valence-electron chi connectivity index (χ3n) is 3.74. The molecule has 1 aromatic carbocycles. The van der Waals surface area contributed by atoms with E-state index in [0.717, 1.165) is 36.6 Å². The molecular weight excluding hydrogens is 318 g/mol. The number of carbonyl (C=O) groups is 3. The predicted octanol–water partition coefficient (Wildman–Crippen LogP) is -0.828. The number of benzene rings is 1. The monoisotopic (exact) mass is 335 g/mol. The molecule has 0 heterocycles. The fourth-order valence-electron chi connectivity index (χ4n) is 2.68. The summed E-state index contributed by atoms with van der Waals surface area (Å²) >= 11 is 0.741. The maximum atomic E-state index is 12.0. The molecule has 124 valence electrons. The van der Waals surface area contributed by atoms with E-state index < -0.39 is 23.6 Å². The highest BCUT2D eigenvalue weighted by atomic mass is 32.2. The average molecular weight is 335 g/mol. The summed E-state index contributed by atoms with van der Waals surface area (Å²) in [4.78, 5) is 33.4. The Morgan fingerprint density at radius 1 is 1.26 bits per heavy atom. The van der Waals surface area contributed by atoms with Crippen LogP contribution in [0.4, 0.5) is 0 Å². The fourth-order valence-corrected chi connectivity index (χ4v) is 3.50. The van der Waals surface area contributed by atoms with Crippen LogP contribution in [0, 0.1) is 0 Å². The molecule has 0 radical (unpaired) electrons. The van der Waals surface area contributed by atoms with Gasteiger partial charge < -0.3 is 25.1 Å². The summed E-state index contributed by atoms with van der Waals surface area (Å²) in [5.74, 6) is -3.44. The number of aliphatic carboxylic acids is 2. The number of amides is 1. The van der Waals surface area contributed by atoms with Crippen LogP contribution in [0.25, 0.3) is 0 Å². The molecule has 0 aromatic heterocycles. The minimum Gasteiger partial charge on any atom is -0.550 e. The van der Waals surface area contributed by atoms with E-state index in [9.17, 15) is 24.6 Å². The van der Waals surface area contributed by atoms with Crippen molar-refractivity contribution in [1.82, 2.24) is 5.32 Å². The van der Waals surface area contributed by atoms with Gasteiger partial charge in [-0.2, -0.15) is 0 Å². The lowest BCUT2D eigenvalue weighted by molar-refractivity contribution is -0.314. The highest BCUT2D eigenvalue weighted by molar-refractivity contribution is 8.01. The van der Waals surface area contributed by atoms with Gasteiger partial charge in [0, 0.05) is 12.4 Å². The molecule has 1 aromatic rings. The number of hydrogen-bond acceptors (Lipinski definition) is 6. The van der Waals surface area contributed by atoms with Gasteiger partial charge in [0.05, 0.1) is 23.0 Å². The van der Waals surface area contributed by atoms with Crippen LogP contribution >= 0.6 is 11.8 Å². The number of aryl methyl sites for hydroxylation is 1.